The third-order valence-corrected chi connectivity index (χ3v) is 6.73. The number of benzene rings is 3. The zero-order valence-electron chi connectivity index (χ0n) is 19.7. The van der Waals surface area contributed by atoms with E-state index in [-0.39, 0.29) is 0 Å². The summed E-state index contributed by atoms with van der Waals surface area (Å²) in [6.45, 7) is 4.94. The van der Waals surface area contributed by atoms with Gasteiger partial charge in [-0.25, -0.2) is 0 Å². The largest absolute Gasteiger partial charge is 0.416 e. The van der Waals surface area contributed by atoms with Crippen molar-refractivity contribution in [1.82, 2.24) is 0 Å². The maximum Gasteiger partial charge on any atom is 0.416 e. The number of halogens is 6. The number of alkyl halides is 6. The highest BCUT2D eigenvalue weighted by atomic mass is 19.4. The van der Waals surface area contributed by atoms with Gasteiger partial charge in [0.15, 0.2) is 0 Å². The molecule has 0 saturated heterocycles. The molecule has 2 aliphatic rings. The first kappa shape index (κ1) is 25.1. The average molecular weight is 492 g/mol. The fourth-order valence-electron chi connectivity index (χ4n) is 4.99. The first-order chi connectivity index (χ1) is 16.4. The monoisotopic (exact) mass is 491 g/mol. The summed E-state index contributed by atoms with van der Waals surface area (Å²) in [5.41, 5.74) is 5.35. The third kappa shape index (κ3) is 5.65. The zero-order valence-corrected chi connectivity index (χ0v) is 19.7. The minimum atomic E-state index is -4.29. The van der Waals surface area contributed by atoms with Crippen LogP contribution in [-0.4, -0.2) is 6.54 Å². The number of aryl methyl sites for hydroxylation is 3. The van der Waals surface area contributed by atoms with Crippen LogP contribution in [0.25, 0.3) is 0 Å². The summed E-state index contributed by atoms with van der Waals surface area (Å²) in [6.07, 6.45) is -4.98. The first-order valence-electron chi connectivity index (χ1n) is 11.6. The molecule has 0 bridgehead atoms. The summed E-state index contributed by atoms with van der Waals surface area (Å²) >= 11 is 0. The lowest BCUT2D eigenvalue weighted by atomic mass is 10.0. The van der Waals surface area contributed by atoms with Crippen LogP contribution in [0.1, 0.15) is 50.9 Å². The Morgan fingerprint density at radius 3 is 1.94 bits per heavy atom. The van der Waals surface area contributed by atoms with Crippen LogP contribution in [-0.2, 0) is 38.2 Å². The molecular formula is C28H27F6N. The molecule has 3 aromatic rings. The zero-order chi connectivity index (χ0) is 25.4. The average Bonchev–Trinajstić information content (AvgIpc) is 3.42. The lowest BCUT2D eigenvalue weighted by Gasteiger charge is -2.21. The molecule has 0 saturated carbocycles. The summed E-state index contributed by atoms with van der Waals surface area (Å²) in [5, 5.41) is 0. The number of nitrogens with zero attached hydrogens (tertiary/aromatic N) is 1. The SMILES string of the molecule is Cc1cc(C(F)(F)F)cc2c1CCC2.Cc1cc(C(F)(F)F)cc2c1CCN2Cc1ccccc1. The second-order valence-corrected chi connectivity index (χ2v) is 9.23. The Morgan fingerprint density at radius 2 is 1.31 bits per heavy atom. The van der Waals surface area contributed by atoms with Crippen molar-refractivity contribution in [2.24, 2.45) is 0 Å². The highest BCUT2D eigenvalue weighted by Gasteiger charge is 2.34. The molecule has 0 spiro atoms. The van der Waals surface area contributed by atoms with Gasteiger partial charge in [0.1, 0.15) is 0 Å². The highest BCUT2D eigenvalue weighted by Crippen LogP contribution is 2.39. The lowest BCUT2D eigenvalue weighted by molar-refractivity contribution is -0.138. The maximum absolute atomic E-state index is 13.0. The molecule has 0 N–H and O–H groups in total. The van der Waals surface area contributed by atoms with Gasteiger partial charge in [-0.1, -0.05) is 30.3 Å². The number of anilines is 1. The van der Waals surface area contributed by atoms with Crippen molar-refractivity contribution in [1.29, 1.82) is 0 Å². The molecule has 7 heteroatoms. The van der Waals surface area contributed by atoms with Crippen LogP contribution in [0.4, 0.5) is 32.0 Å². The molecule has 1 heterocycles. The van der Waals surface area contributed by atoms with Gasteiger partial charge in [-0.15, -0.1) is 0 Å². The molecule has 0 unspecified atom stereocenters. The molecule has 0 fully saturated rings. The van der Waals surface area contributed by atoms with Crippen molar-refractivity contribution in [2.45, 2.75) is 58.4 Å². The van der Waals surface area contributed by atoms with Gasteiger partial charge in [-0.05, 0) is 97.2 Å². The number of hydrogen-bond acceptors (Lipinski definition) is 1. The minimum Gasteiger partial charge on any atom is -0.367 e. The number of hydrogen-bond donors (Lipinski definition) is 0. The molecule has 1 nitrogen and oxygen atoms in total. The molecular weight excluding hydrogens is 464 g/mol. The van der Waals surface area contributed by atoms with E-state index in [4.69, 9.17) is 0 Å². The molecule has 1 aliphatic heterocycles. The summed E-state index contributed by atoms with van der Waals surface area (Å²) in [5.74, 6) is 0. The van der Waals surface area contributed by atoms with E-state index in [1.165, 1.54) is 24.3 Å². The maximum atomic E-state index is 13.0. The molecule has 5 rings (SSSR count). The van der Waals surface area contributed by atoms with Gasteiger partial charge in [0.2, 0.25) is 0 Å². The van der Waals surface area contributed by atoms with Crippen molar-refractivity contribution in [3.8, 4) is 0 Å². The van der Waals surface area contributed by atoms with E-state index in [0.29, 0.717) is 6.54 Å². The van der Waals surface area contributed by atoms with E-state index >= 15 is 0 Å². The summed E-state index contributed by atoms with van der Waals surface area (Å²) in [4.78, 5) is 2.03. The van der Waals surface area contributed by atoms with E-state index < -0.39 is 23.5 Å². The van der Waals surface area contributed by atoms with Gasteiger partial charge in [0, 0.05) is 18.8 Å². The predicted octanol–water partition coefficient (Wildman–Crippen LogP) is 8.08. The van der Waals surface area contributed by atoms with Gasteiger partial charge in [0.25, 0.3) is 0 Å². The summed E-state index contributed by atoms with van der Waals surface area (Å²) in [6, 6.07) is 14.9. The van der Waals surface area contributed by atoms with Crippen LogP contribution in [0, 0.1) is 13.8 Å². The normalized spacial score (nSPS) is 14.9. The minimum absolute atomic E-state index is 0.504. The fraction of sp³-hybridized carbons (Fsp3) is 0.357. The summed E-state index contributed by atoms with van der Waals surface area (Å²) in [7, 11) is 0. The molecule has 3 aromatic carbocycles. The van der Waals surface area contributed by atoms with Gasteiger partial charge in [0.05, 0.1) is 11.1 Å². The predicted molar refractivity (Wildman–Crippen MR) is 126 cm³/mol. The van der Waals surface area contributed by atoms with Crippen LogP contribution in [0.5, 0.6) is 0 Å². The topological polar surface area (TPSA) is 3.24 Å². The van der Waals surface area contributed by atoms with Crippen molar-refractivity contribution in [2.75, 3.05) is 11.4 Å². The van der Waals surface area contributed by atoms with E-state index in [1.807, 2.05) is 35.2 Å². The Hall–Kier alpha value is -2.96. The van der Waals surface area contributed by atoms with Crippen LogP contribution in [0.3, 0.4) is 0 Å². The van der Waals surface area contributed by atoms with Crippen LogP contribution >= 0.6 is 0 Å². The Labute approximate surface area is 201 Å². The van der Waals surface area contributed by atoms with Crippen LogP contribution < -0.4 is 4.90 Å². The van der Waals surface area contributed by atoms with Gasteiger partial charge in [-0.2, -0.15) is 26.3 Å². The second kappa shape index (κ2) is 9.59. The lowest BCUT2D eigenvalue weighted by Crippen LogP contribution is -2.20. The Morgan fingerprint density at radius 1 is 0.714 bits per heavy atom. The van der Waals surface area contributed by atoms with E-state index in [2.05, 4.69) is 0 Å². The molecule has 1 aliphatic carbocycles. The second-order valence-electron chi connectivity index (χ2n) is 9.23. The van der Waals surface area contributed by atoms with Crippen molar-refractivity contribution in [3.05, 3.63) is 99.1 Å². The molecule has 0 aromatic heterocycles. The highest BCUT2D eigenvalue weighted by molar-refractivity contribution is 5.63. The Bertz CT molecular complexity index is 1190. The smallest absolute Gasteiger partial charge is 0.367 e. The standard InChI is InChI=1S/C17H16F3N.C11H11F3/c1-12-9-14(17(18,19)20)10-16-15(12)7-8-21(16)11-13-5-3-2-4-6-13;1-7-5-9(11(12,13)14)6-8-3-2-4-10(7)8/h2-6,9-10H,7-8,11H2,1H3;5-6H,2-4H2,1H3. The van der Waals surface area contributed by atoms with Crippen molar-refractivity contribution < 1.29 is 26.3 Å². The fourth-order valence-corrected chi connectivity index (χ4v) is 4.99. The van der Waals surface area contributed by atoms with Crippen molar-refractivity contribution >= 4 is 5.69 Å². The molecule has 0 atom stereocenters. The molecule has 35 heavy (non-hydrogen) atoms. The molecule has 0 amide bonds. The van der Waals surface area contributed by atoms with Gasteiger partial charge in [-0.3, -0.25) is 0 Å². The van der Waals surface area contributed by atoms with Gasteiger partial charge >= 0.3 is 12.4 Å². The van der Waals surface area contributed by atoms with Crippen molar-refractivity contribution in [3.63, 3.8) is 0 Å². The molecule has 186 valence electrons. The quantitative estimate of drug-likeness (QED) is 0.328. The Kier molecular flexibility index (Phi) is 6.89. The van der Waals surface area contributed by atoms with Crippen LogP contribution in [0.2, 0.25) is 0 Å². The third-order valence-electron chi connectivity index (χ3n) is 6.73. The first-order valence-corrected chi connectivity index (χ1v) is 11.6. The summed E-state index contributed by atoms with van der Waals surface area (Å²) < 4.78 is 76.2. The van der Waals surface area contributed by atoms with E-state index in [0.717, 1.165) is 71.3 Å². The van der Waals surface area contributed by atoms with Crippen LogP contribution in [0.15, 0.2) is 54.6 Å². The Balaban J connectivity index is 0.000000179. The number of rotatable bonds is 2. The van der Waals surface area contributed by atoms with E-state index in [9.17, 15) is 26.3 Å². The van der Waals surface area contributed by atoms with Gasteiger partial charge < -0.3 is 4.90 Å². The molecule has 0 radical (unpaired) electrons. The number of fused-ring (bicyclic) bond motifs is 2. The van der Waals surface area contributed by atoms with E-state index in [1.54, 1.807) is 13.8 Å².